The number of likely N-dealkylation sites (tertiary alicyclic amines) is 1. The van der Waals surface area contributed by atoms with E-state index in [1.54, 1.807) is 0 Å². The number of hydrogen-bond acceptors (Lipinski definition) is 1. The predicted molar refractivity (Wildman–Crippen MR) is 36.7 cm³/mol. The Hall–Kier alpha value is 0.0249. The van der Waals surface area contributed by atoms with Gasteiger partial charge in [0, 0.05) is 0 Å². The quantitative estimate of drug-likeness (QED) is 0.371. The Bertz CT molecular complexity index is 41.3. The summed E-state index contributed by atoms with van der Waals surface area (Å²) in [4.78, 5) is 2.36. The van der Waals surface area contributed by atoms with Gasteiger partial charge in [0.05, 0.1) is 8.41 Å². The second-order valence-electron chi connectivity index (χ2n) is 2.01. The molecular weight excluding hydrogens is 84.9 g/mol. The van der Waals surface area contributed by atoms with Gasteiger partial charge in [-0.3, -0.25) is 0 Å². The molecule has 0 aromatic rings. The van der Waals surface area contributed by atoms with Gasteiger partial charge in [0.25, 0.3) is 0 Å². The fraction of sp³-hybridized carbons (Fsp3) is 1.00. The Morgan fingerprint density at radius 3 is 1.71 bits per heavy atom. The van der Waals surface area contributed by atoms with Crippen LogP contribution in [0.2, 0.25) is 0 Å². The van der Waals surface area contributed by atoms with Crippen LogP contribution in [0.1, 0.15) is 12.8 Å². The minimum absolute atomic E-state index is 0. The molecule has 42 valence electrons. The Labute approximate surface area is 47.3 Å². The lowest BCUT2D eigenvalue weighted by Crippen LogP contribution is -2.10. The SMILES string of the molecule is B.CN1CCCC1. The van der Waals surface area contributed by atoms with Crippen molar-refractivity contribution in [3.8, 4) is 0 Å². The average molecular weight is 99.0 g/mol. The summed E-state index contributed by atoms with van der Waals surface area (Å²) in [6, 6.07) is 0. The van der Waals surface area contributed by atoms with Gasteiger partial charge in [-0.15, -0.1) is 0 Å². The zero-order valence-corrected chi connectivity index (χ0v) is 4.28. The molecule has 0 aromatic heterocycles. The van der Waals surface area contributed by atoms with E-state index in [4.69, 9.17) is 0 Å². The third-order valence-electron chi connectivity index (χ3n) is 1.33. The van der Waals surface area contributed by atoms with Crippen LogP contribution in [-0.2, 0) is 0 Å². The van der Waals surface area contributed by atoms with Crippen molar-refractivity contribution >= 4 is 8.41 Å². The van der Waals surface area contributed by atoms with Crippen molar-refractivity contribution in [1.82, 2.24) is 4.90 Å². The molecule has 0 aromatic carbocycles. The molecule has 2 heteroatoms. The van der Waals surface area contributed by atoms with Crippen LogP contribution in [0.4, 0.5) is 0 Å². The minimum Gasteiger partial charge on any atom is -0.306 e. The summed E-state index contributed by atoms with van der Waals surface area (Å²) in [7, 11) is 2.17. The van der Waals surface area contributed by atoms with Crippen molar-refractivity contribution in [3.05, 3.63) is 0 Å². The maximum Gasteiger partial charge on any atom is 0.0814 e. The highest BCUT2D eigenvalue weighted by molar-refractivity contribution is 5.75. The van der Waals surface area contributed by atoms with Crippen molar-refractivity contribution in [1.29, 1.82) is 0 Å². The molecule has 0 atom stereocenters. The summed E-state index contributed by atoms with van der Waals surface area (Å²) in [5.41, 5.74) is 0. The third kappa shape index (κ3) is 1.98. The monoisotopic (exact) mass is 99.1 g/mol. The normalized spacial score (nSPS) is 21.9. The van der Waals surface area contributed by atoms with Gasteiger partial charge in [0.1, 0.15) is 0 Å². The fourth-order valence-corrected chi connectivity index (χ4v) is 0.875. The first kappa shape index (κ1) is 7.02. The van der Waals surface area contributed by atoms with Crippen LogP contribution in [0.3, 0.4) is 0 Å². The average Bonchev–Trinajstić information content (AvgIpc) is 1.86. The standard InChI is InChI=1S/C5H11N.BH3/c1-6-4-2-3-5-6;/h2-5H2,1H3;1H3. The molecule has 0 spiro atoms. The van der Waals surface area contributed by atoms with Gasteiger partial charge < -0.3 is 4.90 Å². The van der Waals surface area contributed by atoms with E-state index in [-0.39, 0.29) is 8.41 Å². The van der Waals surface area contributed by atoms with E-state index in [1.165, 1.54) is 25.9 Å². The molecule has 1 saturated heterocycles. The Balaban J connectivity index is 0.000000360. The summed E-state index contributed by atoms with van der Waals surface area (Å²) < 4.78 is 0. The van der Waals surface area contributed by atoms with Crippen molar-refractivity contribution in [3.63, 3.8) is 0 Å². The van der Waals surface area contributed by atoms with Crippen LogP contribution in [0.15, 0.2) is 0 Å². The van der Waals surface area contributed by atoms with E-state index in [1.807, 2.05) is 0 Å². The van der Waals surface area contributed by atoms with Crippen LogP contribution in [0, 0.1) is 0 Å². The third-order valence-corrected chi connectivity index (χ3v) is 1.33. The van der Waals surface area contributed by atoms with Crippen molar-refractivity contribution in [2.24, 2.45) is 0 Å². The van der Waals surface area contributed by atoms with Crippen molar-refractivity contribution < 1.29 is 0 Å². The van der Waals surface area contributed by atoms with Gasteiger partial charge in [0.2, 0.25) is 0 Å². The molecule has 0 saturated carbocycles. The van der Waals surface area contributed by atoms with Gasteiger partial charge in [-0.2, -0.15) is 0 Å². The molecule has 1 nitrogen and oxygen atoms in total. The van der Waals surface area contributed by atoms with Crippen LogP contribution in [0.5, 0.6) is 0 Å². The zero-order chi connectivity index (χ0) is 4.41. The summed E-state index contributed by atoms with van der Waals surface area (Å²) in [5, 5.41) is 0. The molecule has 1 aliphatic rings. The minimum atomic E-state index is 0. The topological polar surface area (TPSA) is 3.24 Å². The first-order valence-electron chi connectivity index (χ1n) is 2.58. The van der Waals surface area contributed by atoms with Gasteiger partial charge in [-0.25, -0.2) is 0 Å². The first-order chi connectivity index (χ1) is 2.89. The highest BCUT2D eigenvalue weighted by atomic mass is 15.1. The molecule has 0 aliphatic carbocycles. The fourth-order valence-electron chi connectivity index (χ4n) is 0.875. The molecule has 1 rings (SSSR count). The summed E-state index contributed by atoms with van der Waals surface area (Å²) in [6.45, 7) is 2.64. The molecule has 0 radical (unpaired) electrons. The molecule has 1 aliphatic heterocycles. The van der Waals surface area contributed by atoms with E-state index < -0.39 is 0 Å². The highest BCUT2D eigenvalue weighted by Crippen LogP contribution is 2.01. The number of nitrogens with zero attached hydrogens (tertiary/aromatic N) is 1. The van der Waals surface area contributed by atoms with Gasteiger partial charge in [0.15, 0.2) is 0 Å². The van der Waals surface area contributed by atoms with Gasteiger partial charge in [-0.05, 0) is 33.0 Å². The maximum absolute atomic E-state index is 2.36. The van der Waals surface area contributed by atoms with E-state index >= 15 is 0 Å². The summed E-state index contributed by atoms with van der Waals surface area (Å²) in [5.74, 6) is 0. The molecule has 7 heavy (non-hydrogen) atoms. The lowest BCUT2D eigenvalue weighted by Gasteiger charge is -2.01. The van der Waals surface area contributed by atoms with Crippen LogP contribution >= 0.6 is 0 Å². The second kappa shape index (κ2) is 3.08. The first-order valence-corrected chi connectivity index (χ1v) is 2.58. The largest absolute Gasteiger partial charge is 0.306 e. The Morgan fingerprint density at radius 1 is 1.14 bits per heavy atom. The summed E-state index contributed by atoms with van der Waals surface area (Å²) in [6.07, 6.45) is 2.83. The van der Waals surface area contributed by atoms with Crippen LogP contribution < -0.4 is 0 Å². The number of hydrogen-bond donors (Lipinski definition) is 0. The summed E-state index contributed by atoms with van der Waals surface area (Å²) >= 11 is 0. The van der Waals surface area contributed by atoms with E-state index in [0.717, 1.165) is 0 Å². The van der Waals surface area contributed by atoms with Gasteiger partial charge in [-0.1, -0.05) is 0 Å². The molecule has 0 N–H and O–H groups in total. The van der Waals surface area contributed by atoms with E-state index in [2.05, 4.69) is 11.9 Å². The molecule has 0 amide bonds. The Kier molecular flexibility index (Phi) is 3.09. The molecular formula is C5H14BN. The molecule has 1 heterocycles. The Morgan fingerprint density at radius 2 is 1.57 bits per heavy atom. The lowest BCUT2D eigenvalue weighted by atomic mass is 10.4. The maximum atomic E-state index is 2.36. The van der Waals surface area contributed by atoms with Crippen LogP contribution in [-0.4, -0.2) is 33.5 Å². The molecule has 1 fully saturated rings. The smallest absolute Gasteiger partial charge is 0.0814 e. The number of rotatable bonds is 0. The van der Waals surface area contributed by atoms with Crippen LogP contribution in [0.25, 0.3) is 0 Å². The molecule has 0 unspecified atom stereocenters. The lowest BCUT2D eigenvalue weighted by molar-refractivity contribution is 0.418. The second-order valence-corrected chi connectivity index (χ2v) is 2.01. The molecule has 0 bridgehead atoms. The van der Waals surface area contributed by atoms with Crippen molar-refractivity contribution in [2.75, 3.05) is 20.1 Å². The predicted octanol–water partition coefficient (Wildman–Crippen LogP) is -0.472. The highest BCUT2D eigenvalue weighted by Gasteiger charge is 2.03. The zero-order valence-electron chi connectivity index (χ0n) is 4.28. The van der Waals surface area contributed by atoms with Gasteiger partial charge >= 0.3 is 0 Å². The van der Waals surface area contributed by atoms with E-state index in [9.17, 15) is 0 Å². The van der Waals surface area contributed by atoms with E-state index in [0.29, 0.717) is 0 Å². The van der Waals surface area contributed by atoms with Crippen molar-refractivity contribution in [2.45, 2.75) is 12.8 Å².